The van der Waals surface area contributed by atoms with Gasteiger partial charge in [-0.1, -0.05) is 29.8 Å². The Morgan fingerprint density at radius 2 is 1.83 bits per heavy atom. The van der Waals surface area contributed by atoms with E-state index < -0.39 is 21.7 Å². The number of rotatable bonds is 10. The lowest BCUT2D eigenvalue weighted by Crippen LogP contribution is -2.32. The lowest BCUT2D eigenvalue weighted by atomic mass is 10.1. The van der Waals surface area contributed by atoms with Crippen molar-refractivity contribution >= 4 is 33.2 Å². The Hall–Kier alpha value is -2.19. The zero-order chi connectivity index (χ0) is 21.4. The summed E-state index contributed by atoms with van der Waals surface area (Å²) < 4.78 is 51.4. The lowest BCUT2D eigenvalue weighted by molar-refractivity contribution is -0.121. The zero-order valence-corrected chi connectivity index (χ0v) is 17.6. The van der Waals surface area contributed by atoms with Gasteiger partial charge in [0, 0.05) is 30.6 Å². The number of nitrogens with one attached hydrogen (secondary N) is 1. The molecule has 0 aliphatic heterocycles. The van der Waals surface area contributed by atoms with Crippen molar-refractivity contribution in [2.24, 2.45) is 0 Å². The molecule has 0 radical (unpaired) electrons. The van der Waals surface area contributed by atoms with Crippen molar-refractivity contribution in [1.29, 1.82) is 0 Å². The summed E-state index contributed by atoms with van der Waals surface area (Å²) in [7, 11) is -3.70. The first-order chi connectivity index (χ1) is 13.7. The minimum Gasteiger partial charge on any atom is -0.356 e. The van der Waals surface area contributed by atoms with E-state index in [-0.39, 0.29) is 31.0 Å². The normalized spacial score (nSPS) is 11.3. The number of amides is 1. The lowest BCUT2D eigenvalue weighted by Gasteiger charge is -2.22. The molecule has 0 atom stereocenters. The Balaban J connectivity index is 1.79. The summed E-state index contributed by atoms with van der Waals surface area (Å²) in [6.45, 7) is 0.458. The Morgan fingerprint density at radius 3 is 2.48 bits per heavy atom. The van der Waals surface area contributed by atoms with Gasteiger partial charge in [-0.3, -0.25) is 9.10 Å². The summed E-state index contributed by atoms with van der Waals surface area (Å²) in [6, 6.07) is 10.4. The van der Waals surface area contributed by atoms with Crippen molar-refractivity contribution in [2.75, 3.05) is 23.7 Å². The first kappa shape index (κ1) is 23.1. The van der Waals surface area contributed by atoms with E-state index >= 15 is 0 Å². The van der Waals surface area contributed by atoms with Crippen LogP contribution >= 0.6 is 11.6 Å². The molecule has 0 heterocycles. The number of aryl methyl sites for hydroxylation is 1. The molecule has 9 heteroatoms. The number of halogens is 3. The second-order valence-electron chi connectivity index (χ2n) is 6.58. The molecule has 0 spiro atoms. The Bertz CT molecular complexity index is 954. The molecule has 2 rings (SSSR count). The van der Waals surface area contributed by atoms with Crippen LogP contribution in [0.4, 0.5) is 14.5 Å². The van der Waals surface area contributed by atoms with Crippen LogP contribution in [-0.4, -0.2) is 33.7 Å². The Morgan fingerprint density at radius 1 is 1.10 bits per heavy atom. The number of sulfonamides is 1. The van der Waals surface area contributed by atoms with Crippen molar-refractivity contribution in [2.45, 2.75) is 25.7 Å². The molecule has 0 bridgehead atoms. The number of hydrogen-bond donors (Lipinski definition) is 1. The maximum absolute atomic E-state index is 13.4. The van der Waals surface area contributed by atoms with Crippen molar-refractivity contribution < 1.29 is 22.0 Å². The fourth-order valence-electron chi connectivity index (χ4n) is 2.81. The number of benzene rings is 2. The Kier molecular flexibility index (Phi) is 8.40. The molecule has 0 aliphatic rings. The highest BCUT2D eigenvalue weighted by atomic mass is 35.5. The molecule has 0 saturated carbocycles. The highest BCUT2D eigenvalue weighted by Gasteiger charge is 2.19. The third-order valence-electron chi connectivity index (χ3n) is 4.26. The van der Waals surface area contributed by atoms with Crippen LogP contribution in [0.1, 0.15) is 24.8 Å². The van der Waals surface area contributed by atoms with E-state index in [1.165, 1.54) is 6.07 Å². The number of hydrogen-bond acceptors (Lipinski definition) is 3. The predicted octanol–water partition coefficient (Wildman–Crippen LogP) is 3.91. The molecule has 0 aliphatic carbocycles. The molecule has 5 nitrogen and oxygen atoms in total. The van der Waals surface area contributed by atoms with Crippen LogP contribution in [0.3, 0.4) is 0 Å². The number of carbonyl (C=O) groups is 1. The highest BCUT2D eigenvalue weighted by Crippen LogP contribution is 2.21. The topological polar surface area (TPSA) is 66.5 Å². The van der Waals surface area contributed by atoms with Gasteiger partial charge in [-0.2, -0.15) is 0 Å². The number of nitrogens with zero attached hydrogens (tertiary/aromatic N) is 1. The third-order valence-corrected chi connectivity index (χ3v) is 5.82. The first-order valence-corrected chi connectivity index (χ1v) is 11.3. The quantitative estimate of drug-likeness (QED) is 0.565. The predicted molar refractivity (Wildman–Crippen MR) is 111 cm³/mol. The molecule has 1 amide bonds. The summed E-state index contributed by atoms with van der Waals surface area (Å²) in [5.74, 6) is -2.39. The van der Waals surface area contributed by atoms with Crippen LogP contribution in [-0.2, 0) is 21.2 Å². The molecule has 1 N–H and O–H groups in total. The summed E-state index contributed by atoms with van der Waals surface area (Å²) in [6.07, 6.45) is 2.78. The van der Waals surface area contributed by atoms with E-state index in [4.69, 9.17) is 11.6 Å². The molecule has 29 heavy (non-hydrogen) atoms. The van der Waals surface area contributed by atoms with Crippen molar-refractivity contribution in [3.05, 3.63) is 64.7 Å². The molecule has 158 valence electrons. The maximum Gasteiger partial charge on any atom is 0.232 e. The van der Waals surface area contributed by atoms with Gasteiger partial charge in [0.25, 0.3) is 0 Å². The maximum atomic E-state index is 13.4. The second kappa shape index (κ2) is 10.5. The SMILES string of the molecule is CS(=O)(=O)N(CCCC(=O)NCCCc1ccccc1Cl)c1ccc(F)c(F)c1. The largest absolute Gasteiger partial charge is 0.356 e. The molecule has 0 aromatic heterocycles. The van der Waals surface area contributed by atoms with Crippen LogP contribution < -0.4 is 9.62 Å². The summed E-state index contributed by atoms with van der Waals surface area (Å²) in [5, 5.41) is 3.47. The summed E-state index contributed by atoms with van der Waals surface area (Å²) in [4.78, 5) is 12.0. The van der Waals surface area contributed by atoms with Gasteiger partial charge in [0.15, 0.2) is 11.6 Å². The van der Waals surface area contributed by atoms with Crippen LogP contribution in [0.2, 0.25) is 5.02 Å². The molecule has 0 saturated heterocycles. The number of carbonyl (C=O) groups excluding carboxylic acids is 1. The zero-order valence-electron chi connectivity index (χ0n) is 16.0. The van der Waals surface area contributed by atoms with E-state index in [1.807, 2.05) is 24.3 Å². The van der Waals surface area contributed by atoms with E-state index in [0.717, 1.165) is 41.1 Å². The molecule has 2 aromatic carbocycles. The van der Waals surface area contributed by atoms with Gasteiger partial charge in [0.1, 0.15) is 0 Å². The van der Waals surface area contributed by atoms with Crippen molar-refractivity contribution in [3.8, 4) is 0 Å². The van der Waals surface area contributed by atoms with Gasteiger partial charge in [0.05, 0.1) is 11.9 Å². The van der Waals surface area contributed by atoms with Gasteiger partial charge < -0.3 is 5.32 Å². The highest BCUT2D eigenvalue weighted by molar-refractivity contribution is 7.92. The van der Waals surface area contributed by atoms with Gasteiger partial charge >= 0.3 is 0 Å². The van der Waals surface area contributed by atoms with Gasteiger partial charge in [0.2, 0.25) is 15.9 Å². The number of anilines is 1. The molecule has 2 aromatic rings. The fraction of sp³-hybridized carbons (Fsp3) is 0.350. The fourth-order valence-corrected chi connectivity index (χ4v) is 3.99. The second-order valence-corrected chi connectivity index (χ2v) is 8.90. The van der Waals surface area contributed by atoms with Crippen LogP contribution in [0, 0.1) is 11.6 Å². The van der Waals surface area contributed by atoms with Crippen molar-refractivity contribution in [3.63, 3.8) is 0 Å². The van der Waals surface area contributed by atoms with Gasteiger partial charge in [-0.05, 0) is 43.0 Å². The molecule has 0 fully saturated rings. The van der Waals surface area contributed by atoms with E-state index in [2.05, 4.69) is 5.32 Å². The van der Waals surface area contributed by atoms with Crippen LogP contribution in [0.15, 0.2) is 42.5 Å². The van der Waals surface area contributed by atoms with E-state index in [1.54, 1.807) is 0 Å². The molecular formula is C20H23ClF2N2O3S. The van der Waals surface area contributed by atoms with Crippen LogP contribution in [0.5, 0.6) is 0 Å². The van der Waals surface area contributed by atoms with E-state index in [9.17, 15) is 22.0 Å². The molecule has 0 unspecified atom stereocenters. The smallest absolute Gasteiger partial charge is 0.232 e. The molecular weight excluding hydrogens is 422 g/mol. The minimum atomic E-state index is -3.70. The van der Waals surface area contributed by atoms with E-state index in [0.29, 0.717) is 11.6 Å². The van der Waals surface area contributed by atoms with Gasteiger partial charge in [-0.15, -0.1) is 0 Å². The Labute approximate surface area is 174 Å². The monoisotopic (exact) mass is 444 g/mol. The average molecular weight is 445 g/mol. The summed E-state index contributed by atoms with van der Waals surface area (Å²) >= 11 is 6.08. The first-order valence-electron chi connectivity index (χ1n) is 9.11. The van der Waals surface area contributed by atoms with Gasteiger partial charge in [-0.25, -0.2) is 17.2 Å². The minimum absolute atomic E-state index is 0.0169. The van der Waals surface area contributed by atoms with Crippen LogP contribution in [0.25, 0.3) is 0 Å². The van der Waals surface area contributed by atoms with Crippen molar-refractivity contribution in [1.82, 2.24) is 5.32 Å². The average Bonchev–Trinajstić information content (AvgIpc) is 2.65. The third kappa shape index (κ3) is 7.29. The standard InChI is InChI=1S/C20H23ClF2N2O3S/c1-29(27,28)25(16-10-11-18(22)19(23)14-16)13-5-9-20(26)24-12-4-7-15-6-2-3-8-17(15)21/h2-3,6,8,10-11,14H,4-5,7,9,12-13H2,1H3,(H,24,26). The summed E-state index contributed by atoms with van der Waals surface area (Å²) in [5.41, 5.74) is 1.03.